The molecule has 3 heterocycles. The fraction of sp³-hybridized carbons (Fsp3) is 0.520. The van der Waals surface area contributed by atoms with Gasteiger partial charge >= 0.3 is 0 Å². The first-order valence-corrected chi connectivity index (χ1v) is 11.5. The molecule has 30 heavy (non-hydrogen) atoms. The molecule has 158 valence electrons. The van der Waals surface area contributed by atoms with Crippen LogP contribution >= 0.6 is 0 Å². The van der Waals surface area contributed by atoms with Crippen molar-refractivity contribution in [3.63, 3.8) is 0 Å². The minimum Gasteiger partial charge on any atom is -0.327 e. The third-order valence-corrected chi connectivity index (χ3v) is 6.98. The third kappa shape index (κ3) is 3.88. The van der Waals surface area contributed by atoms with Crippen LogP contribution in [-0.4, -0.2) is 51.5 Å². The van der Waals surface area contributed by atoms with Gasteiger partial charge in [-0.2, -0.15) is 0 Å². The zero-order valence-electron chi connectivity index (χ0n) is 18.3. The van der Waals surface area contributed by atoms with E-state index < -0.39 is 0 Å². The Morgan fingerprint density at radius 3 is 2.90 bits per heavy atom. The summed E-state index contributed by atoms with van der Waals surface area (Å²) in [4.78, 5) is 14.8. The van der Waals surface area contributed by atoms with Crippen molar-refractivity contribution >= 4 is 11.0 Å². The molecule has 0 amide bonds. The average Bonchev–Trinajstić information content (AvgIpc) is 3.10. The Morgan fingerprint density at radius 2 is 2.00 bits per heavy atom. The van der Waals surface area contributed by atoms with Gasteiger partial charge in [0.25, 0.3) is 0 Å². The van der Waals surface area contributed by atoms with E-state index in [2.05, 4.69) is 64.9 Å². The second-order valence-electron chi connectivity index (χ2n) is 9.27. The Hall–Kier alpha value is -2.24. The monoisotopic (exact) mass is 403 g/mol. The van der Waals surface area contributed by atoms with E-state index in [4.69, 9.17) is 9.97 Å². The van der Waals surface area contributed by atoms with E-state index in [-0.39, 0.29) is 0 Å². The summed E-state index contributed by atoms with van der Waals surface area (Å²) in [6.07, 6.45) is 8.12. The Kier molecular flexibility index (Phi) is 5.57. The zero-order valence-corrected chi connectivity index (χ0v) is 18.3. The number of imidazole rings is 1. The zero-order chi connectivity index (χ0) is 20.5. The lowest BCUT2D eigenvalue weighted by atomic mass is 9.91. The van der Waals surface area contributed by atoms with Gasteiger partial charge in [-0.25, -0.2) is 4.98 Å². The van der Waals surface area contributed by atoms with Gasteiger partial charge in [-0.3, -0.25) is 9.88 Å². The highest BCUT2D eigenvalue weighted by Gasteiger charge is 2.27. The van der Waals surface area contributed by atoms with Crippen molar-refractivity contribution in [3.05, 3.63) is 59.7 Å². The molecule has 0 spiro atoms. The first kappa shape index (κ1) is 19.7. The number of hydrogen-bond donors (Lipinski definition) is 0. The maximum absolute atomic E-state index is 5.08. The van der Waals surface area contributed by atoms with E-state index in [0.29, 0.717) is 12.0 Å². The number of nitrogens with zero attached hydrogens (tertiary/aromatic N) is 5. The van der Waals surface area contributed by atoms with Gasteiger partial charge < -0.3 is 9.47 Å². The Balaban J connectivity index is 1.43. The number of rotatable bonds is 5. The van der Waals surface area contributed by atoms with E-state index in [9.17, 15) is 0 Å². The van der Waals surface area contributed by atoms with E-state index in [0.717, 1.165) is 25.0 Å². The third-order valence-electron chi connectivity index (χ3n) is 6.98. The number of piperidine rings is 1. The SMILES string of the molecule is CN1CCC[C@@H](Cn2c(CN(C)C3CCCc4cccnc43)nc3ccccc32)C1. The molecule has 3 aromatic rings. The predicted molar refractivity (Wildman–Crippen MR) is 121 cm³/mol. The van der Waals surface area contributed by atoms with Crippen LogP contribution in [0.1, 0.15) is 48.8 Å². The first-order chi connectivity index (χ1) is 14.7. The number of hydrogen-bond acceptors (Lipinski definition) is 4. The molecular formula is C25H33N5. The molecule has 5 nitrogen and oxygen atoms in total. The molecule has 5 rings (SSSR count). The maximum atomic E-state index is 5.08. The number of para-hydroxylation sites is 2. The van der Waals surface area contributed by atoms with Crippen molar-refractivity contribution in [2.45, 2.75) is 51.2 Å². The number of aromatic nitrogens is 3. The van der Waals surface area contributed by atoms with Gasteiger partial charge in [0.2, 0.25) is 0 Å². The summed E-state index contributed by atoms with van der Waals surface area (Å²) < 4.78 is 2.50. The van der Waals surface area contributed by atoms with Gasteiger partial charge in [0.1, 0.15) is 5.82 Å². The second-order valence-corrected chi connectivity index (χ2v) is 9.27. The normalized spacial score (nSPS) is 22.5. The van der Waals surface area contributed by atoms with E-state index >= 15 is 0 Å². The quantitative estimate of drug-likeness (QED) is 0.637. The Labute approximate surface area is 179 Å². The van der Waals surface area contributed by atoms with Crippen LogP contribution in [0.5, 0.6) is 0 Å². The van der Waals surface area contributed by atoms with Crippen LogP contribution in [0.2, 0.25) is 0 Å². The standard InChI is InChI=1S/C25H33N5/c1-28-15-7-8-19(16-28)17-30-22-12-4-3-11-21(22)27-24(30)18-29(2)23-13-5-9-20-10-6-14-26-25(20)23/h3-4,6,10-12,14,19,23H,5,7-9,13,15-18H2,1-2H3/t19-,23?/m1/s1. The lowest BCUT2D eigenvalue weighted by Gasteiger charge is -2.33. The first-order valence-electron chi connectivity index (χ1n) is 11.5. The highest BCUT2D eigenvalue weighted by Crippen LogP contribution is 2.33. The highest BCUT2D eigenvalue weighted by molar-refractivity contribution is 5.75. The molecule has 1 aliphatic carbocycles. The fourth-order valence-corrected chi connectivity index (χ4v) is 5.48. The lowest BCUT2D eigenvalue weighted by molar-refractivity contribution is 0.184. The largest absolute Gasteiger partial charge is 0.327 e. The molecule has 5 heteroatoms. The smallest absolute Gasteiger partial charge is 0.124 e. The number of fused-ring (bicyclic) bond motifs is 2. The van der Waals surface area contributed by atoms with Gasteiger partial charge in [-0.05, 0) is 82.4 Å². The molecule has 2 atom stereocenters. The van der Waals surface area contributed by atoms with Crippen LogP contribution in [0.3, 0.4) is 0 Å². The second kappa shape index (κ2) is 8.48. The summed E-state index contributed by atoms with van der Waals surface area (Å²) in [7, 11) is 4.49. The molecule has 1 fully saturated rings. The van der Waals surface area contributed by atoms with Gasteiger partial charge in [-0.15, -0.1) is 0 Å². The summed E-state index contributed by atoms with van der Waals surface area (Å²) in [6.45, 7) is 4.33. The minimum atomic E-state index is 0.379. The van der Waals surface area contributed by atoms with Gasteiger partial charge in [0.15, 0.2) is 0 Å². The molecule has 0 radical (unpaired) electrons. The molecule has 1 aromatic carbocycles. The van der Waals surface area contributed by atoms with Crippen LogP contribution in [0, 0.1) is 5.92 Å². The fourth-order valence-electron chi connectivity index (χ4n) is 5.48. The number of likely N-dealkylation sites (tertiary alicyclic amines) is 1. The molecule has 0 N–H and O–H groups in total. The Bertz CT molecular complexity index is 1010. The topological polar surface area (TPSA) is 37.2 Å². The van der Waals surface area contributed by atoms with Crippen molar-refractivity contribution in [2.75, 3.05) is 27.2 Å². The van der Waals surface area contributed by atoms with Gasteiger partial charge in [0, 0.05) is 19.3 Å². The van der Waals surface area contributed by atoms with Crippen molar-refractivity contribution in [2.24, 2.45) is 5.92 Å². The molecule has 1 aliphatic heterocycles. The van der Waals surface area contributed by atoms with E-state index in [1.54, 1.807) is 0 Å². The molecule has 1 unspecified atom stereocenters. The van der Waals surface area contributed by atoms with E-state index in [1.165, 1.54) is 61.4 Å². The van der Waals surface area contributed by atoms with Crippen molar-refractivity contribution in [1.82, 2.24) is 24.3 Å². The number of benzene rings is 1. The van der Waals surface area contributed by atoms with Crippen LogP contribution in [0.15, 0.2) is 42.6 Å². The maximum Gasteiger partial charge on any atom is 0.124 e. The molecule has 0 saturated carbocycles. The van der Waals surface area contributed by atoms with Gasteiger partial charge in [-0.1, -0.05) is 18.2 Å². The summed E-state index contributed by atoms with van der Waals surface area (Å²) in [5, 5.41) is 0. The number of aryl methyl sites for hydroxylation is 1. The summed E-state index contributed by atoms with van der Waals surface area (Å²) >= 11 is 0. The Morgan fingerprint density at radius 1 is 1.10 bits per heavy atom. The van der Waals surface area contributed by atoms with Crippen LogP contribution in [0.25, 0.3) is 11.0 Å². The van der Waals surface area contributed by atoms with Crippen molar-refractivity contribution in [3.8, 4) is 0 Å². The van der Waals surface area contributed by atoms with Crippen LogP contribution in [0.4, 0.5) is 0 Å². The highest BCUT2D eigenvalue weighted by atomic mass is 15.2. The van der Waals surface area contributed by atoms with Crippen LogP contribution < -0.4 is 0 Å². The molecular weight excluding hydrogens is 370 g/mol. The number of pyridine rings is 1. The lowest BCUT2D eigenvalue weighted by Crippen LogP contribution is -2.35. The van der Waals surface area contributed by atoms with E-state index in [1.807, 2.05) is 6.20 Å². The van der Waals surface area contributed by atoms with Crippen molar-refractivity contribution in [1.29, 1.82) is 0 Å². The van der Waals surface area contributed by atoms with Gasteiger partial charge in [0.05, 0.1) is 29.3 Å². The molecule has 2 aliphatic rings. The van der Waals surface area contributed by atoms with Crippen LogP contribution in [-0.2, 0) is 19.5 Å². The summed E-state index contributed by atoms with van der Waals surface area (Å²) in [6, 6.07) is 13.3. The molecule has 0 bridgehead atoms. The minimum absolute atomic E-state index is 0.379. The van der Waals surface area contributed by atoms with Crippen molar-refractivity contribution < 1.29 is 0 Å². The molecule has 2 aromatic heterocycles. The summed E-state index contributed by atoms with van der Waals surface area (Å²) in [5.74, 6) is 1.89. The summed E-state index contributed by atoms with van der Waals surface area (Å²) in [5.41, 5.74) is 5.07. The molecule has 1 saturated heterocycles. The predicted octanol–water partition coefficient (Wildman–Crippen LogP) is 4.28. The average molecular weight is 404 g/mol.